The average molecular weight is 255 g/mol. The Bertz CT molecular complexity index is 396. The molecule has 1 aromatic rings. The van der Waals surface area contributed by atoms with E-state index in [0.717, 1.165) is 5.56 Å². The molecule has 0 fully saturated rings. The van der Waals surface area contributed by atoms with Crippen molar-refractivity contribution in [3.8, 4) is 0 Å². The largest absolute Gasteiger partial charge is 0.479 e. The number of benzene rings is 1. The van der Waals surface area contributed by atoms with Gasteiger partial charge in [-0.05, 0) is 5.56 Å². The number of hydrogen-bond donors (Lipinski definition) is 2. The zero-order chi connectivity index (χ0) is 13.4. The number of halogens is 1. The summed E-state index contributed by atoms with van der Waals surface area (Å²) in [6.07, 6.45) is -2.95. The van der Waals surface area contributed by atoms with Gasteiger partial charge in [-0.2, -0.15) is 0 Å². The quantitative estimate of drug-likeness (QED) is 0.811. The van der Waals surface area contributed by atoms with E-state index in [9.17, 15) is 14.0 Å². The lowest BCUT2D eigenvalue weighted by Gasteiger charge is -2.07. The van der Waals surface area contributed by atoms with E-state index in [0.29, 0.717) is 0 Å². The van der Waals surface area contributed by atoms with Crippen LogP contribution >= 0.6 is 0 Å². The molecule has 0 radical (unpaired) electrons. The minimum absolute atomic E-state index is 0.0823. The number of amides is 1. The number of rotatable bonds is 6. The molecule has 0 aromatic heterocycles. The van der Waals surface area contributed by atoms with Gasteiger partial charge >= 0.3 is 12.1 Å². The molecule has 1 atom stereocenters. The van der Waals surface area contributed by atoms with Crippen LogP contribution in [0.1, 0.15) is 12.0 Å². The van der Waals surface area contributed by atoms with E-state index in [1.165, 1.54) is 0 Å². The SMILES string of the molecule is O=C(NCCC(F)C(=O)O)OCc1ccccc1. The summed E-state index contributed by atoms with van der Waals surface area (Å²) in [6, 6.07) is 9.08. The molecule has 1 rings (SSSR count). The maximum Gasteiger partial charge on any atom is 0.407 e. The summed E-state index contributed by atoms with van der Waals surface area (Å²) in [5, 5.41) is 10.6. The molecule has 0 saturated heterocycles. The number of carbonyl (C=O) groups excluding carboxylic acids is 1. The Kier molecular flexibility index (Phi) is 5.63. The smallest absolute Gasteiger partial charge is 0.407 e. The maximum absolute atomic E-state index is 12.6. The van der Waals surface area contributed by atoms with Gasteiger partial charge in [0.1, 0.15) is 6.61 Å². The monoisotopic (exact) mass is 255 g/mol. The Morgan fingerprint density at radius 2 is 2.00 bits per heavy atom. The van der Waals surface area contributed by atoms with Gasteiger partial charge in [-0.1, -0.05) is 30.3 Å². The number of carboxylic acids is 1. The third kappa shape index (κ3) is 5.29. The van der Waals surface area contributed by atoms with E-state index in [1.807, 2.05) is 18.2 Å². The summed E-state index contributed by atoms with van der Waals surface area (Å²) in [7, 11) is 0. The molecular weight excluding hydrogens is 241 g/mol. The predicted octanol–water partition coefficient (Wildman–Crippen LogP) is 1.73. The van der Waals surface area contributed by atoms with Crippen molar-refractivity contribution in [1.82, 2.24) is 5.32 Å². The fraction of sp³-hybridized carbons (Fsp3) is 0.333. The first kappa shape index (κ1) is 14.0. The third-order valence-electron chi connectivity index (χ3n) is 2.15. The second kappa shape index (κ2) is 7.26. The first-order valence-corrected chi connectivity index (χ1v) is 5.41. The number of aliphatic carboxylic acids is 1. The molecule has 0 bridgehead atoms. The van der Waals surface area contributed by atoms with E-state index in [1.54, 1.807) is 12.1 Å². The summed E-state index contributed by atoms with van der Waals surface area (Å²) >= 11 is 0. The number of hydrogen-bond acceptors (Lipinski definition) is 3. The number of carbonyl (C=O) groups is 2. The standard InChI is InChI=1S/C12H14FNO4/c13-10(11(15)16)6-7-14-12(17)18-8-9-4-2-1-3-5-9/h1-5,10H,6-8H2,(H,14,17)(H,15,16). The van der Waals surface area contributed by atoms with Gasteiger partial charge < -0.3 is 15.2 Å². The van der Waals surface area contributed by atoms with Crippen LogP contribution in [-0.2, 0) is 16.1 Å². The van der Waals surface area contributed by atoms with Crippen molar-refractivity contribution >= 4 is 12.1 Å². The van der Waals surface area contributed by atoms with E-state index < -0.39 is 18.2 Å². The van der Waals surface area contributed by atoms with E-state index in [2.05, 4.69) is 5.32 Å². The summed E-state index contributed by atoms with van der Waals surface area (Å²) in [4.78, 5) is 21.3. The predicted molar refractivity (Wildman–Crippen MR) is 61.8 cm³/mol. The Morgan fingerprint density at radius 1 is 1.33 bits per heavy atom. The Balaban J connectivity index is 2.17. The lowest BCUT2D eigenvalue weighted by Crippen LogP contribution is -2.28. The molecule has 0 aliphatic carbocycles. The maximum atomic E-state index is 12.6. The second-order valence-electron chi connectivity index (χ2n) is 3.58. The molecule has 5 nitrogen and oxygen atoms in total. The van der Waals surface area contributed by atoms with Crippen LogP contribution in [0.4, 0.5) is 9.18 Å². The molecule has 0 aliphatic heterocycles. The Morgan fingerprint density at radius 3 is 2.61 bits per heavy atom. The molecule has 6 heteroatoms. The van der Waals surface area contributed by atoms with Crippen molar-refractivity contribution in [2.45, 2.75) is 19.2 Å². The van der Waals surface area contributed by atoms with Crippen LogP contribution < -0.4 is 5.32 Å². The van der Waals surface area contributed by atoms with E-state index >= 15 is 0 Å². The van der Waals surface area contributed by atoms with Crippen LogP contribution in [0.15, 0.2) is 30.3 Å². The number of ether oxygens (including phenoxy) is 1. The van der Waals surface area contributed by atoms with Crippen molar-refractivity contribution in [2.24, 2.45) is 0 Å². The zero-order valence-electron chi connectivity index (χ0n) is 9.64. The van der Waals surface area contributed by atoms with Crippen molar-refractivity contribution in [1.29, 1.82) is 0 Å². The molecule has 0 aliphatic rings. The normalized spacial score (nSPS) is 11.6. The van der Waals surface area contributed by atoms with Crippen LogP contribution in [0.3, 0.4) is 0 Å². The summed E-state index contributed by atoms with van der Waals surface area (Å²) < 4.78 is 17.5. The number of alkyl carbamates (subject to hydrolysis) is 1. The van der Waals surface area contributed by atoms with Gasteiger partial charge in [0, 0.05) is 13.0 Å². The molecule has 0 saturated carbocycles. The minimum atomic E-state index is -1.97. The van der Waals surface area contributed by atoms with Gasteiger partial charge in [0.05, 0.1) is 0 Å². The number of alkyl halides is 1. The average Bonchev–Trinajstić information content (AvgIpc) is 2.37. The molecule has 1 aromatic carbocycles. The van der Waals surface area contributed by atoms with Crippen LogP contribution in [0.2, 0.25) is 0 Å². The van der Waals surface area contributed by atoms with Crippen molar-refractivity contribution < 1.29 is 23.8 Å². The second-order valence-corrected chi connectivity index (χ2v) is 3.58. The van der Waals surface area contributed by atoms with E-state index in [4.69, 9.17) is 9.84 Å². The molecule has 1 unspecified atom stereocenters. The lowest BCUT2D eigenvalue weighted by molar-refractivity contribution is -0.142. The van der Waals surface area contributed by atoms with Gasteiger partial charge in [0.15, 0.2) is 6.17 Å². The highest BCUT2D eigenvalue weighted by Gasteiger charge is 2.15. The number of nitrogens with one attached hydrogen (secondary N) is 1. The third-order valence-corrected chi connectivity index (χ3v) is 2.15. The van der Waals surface area contributed by atoms with Crippen molar-refractivity contribution in [3.63, 3.8) is 0 Å². The van der Waals surface area contributed by atoms with Crippen LogP contribution in [0.5, 0.6) is 0 Å². The summed E-state index contributed by atoms with van der Waals surface area (Å²) in [5.41, 5.74) is 0.835. The molecule has 98 valence electrons. The number of carboxylic acid groups (broad SMARTS) is 1. The summed E-state index contributed by atoms with van der Waals surface area (Å²) in [6.45, 7) is 0.0335. The van der Waals surface area contributed by atoms with Gasteiger partial charge in [0.2, 0.25) is 0 Å². The first-order chi connectivity index (χ1) is 8.59. The highest BCUT2D eigenvalue weighted by molar-refractivity contribution is 5.72. The van der Waals surface area contributed by atoms with Crippen LogP contribution in [0, 0.1) is 0 Å². The minimum Gasteiger partial charge on any atom is -0.479 e. The zero-order valence-corrected chi connectivity index (χ0v) is 9.64. The van der Waals surface area contributed by atoms with Crippen molar-refractivity contribution in [3.05, 3.63) is 35.9 Å². The van der Waals surface area contributed by atoms with E-state index in [-0.39, 0.29) is 19.6 Å². The fourth-order valence-corrected chi connectivity index (χ4v) is 1.20. The molecule has 1 amide bonds. The molecular formula is C12H14FNO4. The summed E-state index contributed by atoms with van der Waals surface area (Å²) in [5.74, 6) is -1.53. The van der Waals surface area contributed by atoms with Gasteiger partial charge in [-0.15, -0.1) is 0 Å². The van der Waals surface area contributed by atoms with Gasteiger partial charge in [-0.3, -0.25) is 0 Å². The van der Waals surface area contributed by atoms with Gasteiger partial charge in [0.25, 0.3) is 0 Å². The first-order valence-electron chi connectivity index (χ1n) is 5.41. The van der Waals surface area contributed by atoms with Crippen LogP contribution in [-0.4, -0.2) is 29.9 Å². The molecule has 2 N–H and O–H groups in total. The highest BCUT2D eigenvalue weighted by Crippen LogP contribution is 2.01. The van der Waals surface area contributed by atoms with Crippen molar-refractivity contribution in [2.75, 3.05) is 6.54 Å². The Labute approximate surface area is 104 Å². The highest BCUT2D eigenvalue weighted by atomic mass is 19.1. The molecule has 0 spiro atoms. The topological polar surface area (TPSA) is 75.6 Å². The van der Waals surface area contributed by atoms with Gasteiger partial charge in [-0.25, -0.2) is 14.0 Å². The Hall–Kier alpha value is -2.11. The lowest BCUT2D eigenvalue weighted by atomic mass is 10.2. The fourth-order valence-electron chi connectivity index (χ4n) is 1.20. The molecule has 0 heterocycles. The molecule has 18 heavy (non-hydrogen) atoms. The van der Waals surface area contributed by atoms with Crippen LogP contribution in [0.25, 0.3) is 0 Å².